The van der Waals surface area contributed by atoms with Crippen LogP contribution in [0.2, 0.25) is 0 Å². The summed E-state index contributed by atoms with van der Waals surface area (Å²) in [5, 5.41) is 0. The molecule has 1 aliphatic heterocycles. The minimum Gasteiger partial charge on any atom is -0.464 e. The lowest BCUT2D eigenvalue weighted by Crippen LogP contribution is -2.31. The molecule has 0 spiro atoms. The van der Waals surface area contributed by atoms with Crippen molar-refractivity contribution in [1.82, 2.24) is 0 Å². The van der Waals surface area contributed by atoms with Gasteiger partial charge in [-0.15, -0.1) is 0 Å². The molecule has 0 atom stereocenters. The SMILES string of the molecule is CC1(C)OC(N)=C(C(=O)c2ccc(-c3ccccc3)cc2)C1=O. The Hall–Kier alpha value is -2.88. The second kappa shape index (κ2) is 5.39. The molecule has 116 valence electrons. The zero-order chi connectivity index (χ0) is 16.6. The number of ether oxygens (including phenoxy) is 1. The van der Waals surface area contributed by atoms with Crippen LogP contribution in [-0.4, -0.2) is 17.2 Å². The van der Waals surface area contributed by atoms with Gasteiger partial charge in [0, 0.05) is 5.56 Å². The van der Waals surface area contributed by atoms with Gasteiger partial charge in [0.05, 0.1) is 0 Å². The van der Waals surface area contributed by atoms with E-state index < -0.39 is 11.4 Å². The van der Waals surface area contributed by atoms with Gasteiger partial charge < -0.3 is 10.5 Å². The Labute approximate surface area is 134 Å². The molecule has 0 amide bonds. The highest BCUT2D eigenvalue weighted by Gasteiger charge is 2.44. The standard InChI is InChI=1S/C19H17NO3/c1-19(2)17(22)15(18(20)23-19)16(21)14-10-8-13(9-11-14)12-6-4-3-5-7-12/h3-11H,20H2,1-2H3. The number of benzene rings is 2. The average molecular weight is 307 g/mol. The highest BCUT2D eigenvalue weighted by atomic mass is 16.5. The van der Waals surface area contributed by atoms with Crippen molar-refractivity contribution in [3.05, 3.63) is 71.6 Å². The molecule has 1 aliphatic rings. The Morgan fingerprint density at radius 2 is 1.52 bits per heavy atom. The van der Waals surface area contributed by atoms with Crippen molar-refractivity contribution in [3.8, 4) is 11.1 Å². The number of carbonyl (C=O) groups excluding carboxylic acids is 2. The van der Waals surface area contributed by atoms with Crippen LogP contribution in [0.4, 0.5) is 0 Å². The van der Waals surface area contributed by atoms with E-state index in [1.54, 1.807) is 26.0 Å². The van der Waals surface area contributed by atoms with Crippen molar-refractivity contribution < 1.29 is 14.3 Å². The molecular weight excluding hydrogens is 290 g/mol. The van der Waals surface area contributed by atoms with Crippen molar-refractivity contribution >= 4 is 11.6 Å². The second-order valence-electron chi connectivity index (χ2n) is 5.95. The molecule has 0 radical (unpaired) electrons. The summed E-state index contributed by atoms with van der Waals surface area (Å²) in [7, 11) is 0. The van der Waals surface area contributed by atoms with E-state index in [1.165, 1.54) is 0 Å². The molecule has 0 aromatic heterocycles. The van der Waals surface area contributed by atoms with Crippen molar-refractivity contribution in [3.63, 3.8) is 0 Å². The van der Waals surface area contributed by atoms with Gasteiger partial charge in [0.25, 0.3) is 0 Å². The minimum atomic E-state index is -1.08. The van der Waals surface area contributed by atoms with Crippen LogP contribution in [0.15, 0.2) is 66.1 Å². The molecule has 2 N–H and O–H groups in total. The van der Waals surface area contributed by atoms with Crippen LogP contribution < -0.4 is 5.73 Å². The van der Waals surface area contributed by atoms with Gasteiger partial charge in [0.1, 0.15) is 5.57 Å². The molecule has 0 saturated heterocycles. The van der Waals surface area contributed by atoms with Gasteiger partial charge >= 0.3 is 0 Å². The summed E-state index contributed by atoms with van der Waals surface area (Å²) in [6.45, 7) is 3.20. The first kappa shape index (κ1) is 15.0. The Morgan fingerprint density at radius 1 is 0.957 bits per heavy atom. The molecule has 2 aromatic carbocycles. The summed E-state index contributed by atoms with van der Waals surface area (Å²) in [5.74, 6) is -0.887. The third-order valence-electron chi connectivity index (χ3n) is 3.87. The van der Waals surface area contributed by atoms with E-state index in [0.717, 1.165) is 11.1 Å². The fraction of sp³-hybridized carbons (Fsp3) is 0.158. The van der Waals surface area contributed by atoms with Crippen molar-refractivity contribution in [1.29, 1.82) is 0 Å². The van der Waals surface area contributed by atoms with Crippen LogP contribution in [0, 0.1) is 0 Å². The van der Waals surface area contributed by atoms with Gasteiger partial charge in [-0.05, 0) is 25.0 Å². The molecule has 23 heavy (non-hydrogen) atoms. The number of carbonyl (C=O) groups is 2. The Kier molecular flexibility index (Phi) is 3.52. The fourth-order valence-electron chi connectivity index (χ4n) is 2.59. The van der Waals surface area contributed by atoms with Gasteiger partial charge in [-0.1, -0.05) is 54.6 Å². The summed E-state index contributed by atoms with van der Waals surface area (Å²) in [5.41, 5.74) is 7.04. The van der Waals surface area contributed by atoms with E-state index in [9.17, 15) is 9.59 Å². The van der Waals surface area contributed by atoms with E-state index in [0.29, 0.717) is 5.56 Å². The number of nitrogens with two attached hydrogens (primary N) is 1. The number of rotatable bonds is 3. The predicted octanol–water partition coefficient (Wildman–Crippen LogP) is 3.08. The maximum Gasteiger partial charge on any atom is 0.215 e. The van der Waals surface area contributed by atoms with Crippen molar-refractivity contribution in [2.75, 3.05) is 0 Å². The number of hydrogen-bond donors (Lipinski definition) is 1. The summed E-state index contributed by atoms with van der Waals surface area (Å²) in [6.07, 6.45) is 0. The first-order valence-electron chi connectivity index (χ1n) is 7.34. The zero-order valence-electron chi connectivity index (χ0n) is 13.0. The first-order valence-corrected chi connectivity index (χ1v) is 7.34. The normalized spacial score (nSPS) is 16.3. The summed E-state index contributed by atoms with van der Waals surface area (Å²) >= 11 is 0. The third-order valence-corrected chi connectivity index (χ3v) is 3.87. The summed E-state index contributed by atoms with van der Waals surface area (Å²) in [4.78, 5) is 24.8. The van der Waals surface area contributed by atoms with E-state index >= 15 is 0 Å². The number of Topliss-reactive ketones (excluding diaryl/α,β-unsaturated/α-hetero) is 2. The highest BCUT2D eigenvalue weighted by molar-refractivity contribution is 6.29. The van der Waals surface area contributed by atoms with Crippen LogP contribution >= 0.6 is 0 Å². The smallest absolute Gasteiger partial charge is 0.215 e. The fourth-order valence-corrected chi connectivity index (χ4v) is 2.59. The zero-order valence-corrected chi connectivity index (χ0v) is 13.0. The number of hydrogen-bond acceptors (Lipinski definition) is 4. The molecular formula is C19H17NO3. The molecule has 0 saturated carbocycles. The Morgan fingerprint density at radius 3 is 2.04 bits per heavy atom. The molecule has 0 fully saturated rings. The lowest BCUT2D eigenvalue weighted by atomic mass is 9.93. The van der Waals surface area contributed by atoms with Gasteiger partial charge in [-0.3, -0.25) is 9.59 Å². The van der Waals surface area contributed by atoms with Crippen LogP contribution in [0.5, 0.6) is 0 Å². The lowest BCUT2D eigenvalue weighted by Gasteiger charge is -2.15. The van der Waals surface area contributed by atoms with Gasteiger partial charge in [-0.25, -0.2) is 0 Å². The van der Waals surface area contributed by atoms with E-state index in [1.807, 2.05) is 42.5 Å². The van der Waals surface area contributed by atoms with E-state index in [4.69, 9.17) is 10.5 Å². The van der Waals surface area contributed by atoms with Crippen molar-refractivity contribution in [2.24, 2.45) is 5.73 Å². The summed E-state index contributed by atoms with van der Waals surface area (Å²) < 4.78 is 5.30. The molecule has 3 rings (SSSR count). The van der Waals surface area contributed by atoms with Crippen LogP contribution in [0.1, 0.15) is 24.2 Å². The summed E-state index contributed by atoms with van der Waals surface area (Å²) in [6, 6.07) is 16.9. The molecule has 0 bridgehead atoms. The Bertz CT molecular complexity index is 802. The van der Waals surface area contributed by atoms with E-state index in [-0.39, 0.29) is 17.2 Å². The Balaban J connectivity index is 1.90. The first-order chi connectivity index (χ1) is 10.9. The van der Waals surface area contributed by atoms with Gasteiger partial charge in [0.2, 0.25) is 11.6 Å². The average Bonchev–Trinajstić information content (AvgIpc) is 2.75. The molecule has 4 nitrogen and oxygen atoms in total. The molecule has 0 aliphatic carbocycles. The lowest BCUT2D eigenvalue weighted by molar-refractivity contribution is -0.127. The molecule has 1 heterocycles. The van der Waals surface area contributed by atoms with Gasteiger partial charge in [0.15, 0.2) is 11.5 Å². The maximum atomic E-state index is 12.6. The van der Waals surface area contributed by atoms with Gasteiger partial charge in [-0.2, -0.15) is 0 Å². The highest BCUT2D eigenvalue weighted by Crippen LogP contribution is 2.30. The predicted molar refractivity (Wildman–Crippen MR) is 87.6 cm³/mol. The maximum absolute atomic E-state index is 12.6. The van der Waals surface area contributed by atoms with E-state index in [2.05, 4.69) is 0 Å². The monoisotopic (exact) mass is 307 g/mol. The molecule has 2 aromatic rings. The quantitative estimate of drug-likeness (QED) is 0.699. The topological polar surface area (TPSA) is 69.4 Å². The van der Waals surface area contributed by atoms with Crippen LogP contribution in [0.3, 0.4) is 0 Å². The van der Waals surface area contributed by atoms with Crippen LogP contribution in [-0.2, 0) is 9.53 Å². The molecule has 4 heteroatoms. The largest absolute Gasteiger partial charge is 0.464 e. The third kappa shape index (κ3) is 2.63. The number of ketones is 2. The second-order valence-corrected chi connectivity index (χ2v) is 5.95. The van der Waals surface area contributed by atoms with Crippen molar-refractivity contribution in [2.45, 2.75) is 19.4 Å². The minimum absolute atomic E-state index is 0.0672. The van der Waals surface area contributed by atoms with Crippen LogP contribution in [0.25, 0.3) is 11.1 Å². The molecule has 0 unspecified atom stereocenters.